The first-order valence-electron chi connectivity index (χ1n) is 5.66. The molecule has 1 atom stereocenters. The summed E-state index contributed by atoms with van der Waals surface area (Å²) in [6.07, 6.45) is 1.16. The molecule has 1 heterocycles. The number of hydrogen-bond donors (Lipinski definition) is 1. The van der Waals surface area contributed by atoms with E-state index in [0.29, 0.717) is 17.7 Å². The number of para-hydroxylation sites is 1. The van der Waals surface area contributed by atoms with Gasteiger partial charge in [-0.3, -0.25) is 4.79 Å². The lowest BCUT2D eigenvalue weighted by Gasteiger charge is -2.24. The van der Waals surface area contributed by atoms with Crippen LogP contribution >= 0.6 is 0 Å². The van der Waals surface area contributed by atoms with Crippen LogP contribution in [0.2, 0.25) is 0 Å². The number of fused-ring (bicyclic) bond motifs is 1. The molecule has 0 saturated carbocycles. The number of ketones is 1. The monoisotopic (exact) mass is 233 g/mol. The van der Waals surface area contributed by atoms with Crippen molar-refractivity contribution < 1.29 is 14.3 Å². The van der Waals surface area contributed by atoms with E-state index in [0.717, 1.165) is 6.42 Å². The third-order valence-corrected chi connectivity index (χ3v) is 3.07. The average Bonchev–Trinajstić information content (AvgIpc) is 2.64. The van der Waals surface area contributed by atoms with E-state index in [-0.39, 0.29) is 5.78 Å². The van der Waals surface area contributed by atoms with Crippen LogP contribution < -0.4 is 5.32 Å². The summed E-state index contributed by atoms with van der Waals surface area (Å²) in [5.41, 5.74) is 0.0374. The predicted molar refractivity (Wildman–Crippen MR) is 64.1 cm³/mol. The zero-order chi connectivity index (χ0) is 12.5. The minimum absolute atomic E-state index is 0.193. The summed E-state index contributed by atoms with van der Waals surface area (Å²) in [6, 6.07) is 7.15. The van der Waals surface area contributed by atoms with Crippen molar-refractivity contribution in [3.8, 4) is 0 Å². The predicted octanol–water partition coefficient (Wildman–Crippen LogP) is 2.01. The molecular formula is C13H15NO3. The summed E-state index contributed by atoms with van der Waals surface area (Å²) < 4.78 is 4.77. The molecule has 0 saturated heterocycles. The quantitative estimate of drug-likeness (QED) is 0.641. The Morgan fingerprint density at radius 3 is 2.71 bits per heavy atom. The van der Waals surface area contributed by atoms with E-state index >= 15 is 0 Å². The molecule has 0 bridgehead atoms. The highest BCUT2D eigenvalue weighted by Gasteiger charge is 2.51. The Balaban J connectivity index is 2.46. The van der Waals surface area contributed by atoms with Crippen LogP contribution in [0, 0.1) is 0 Å². The fourth-order valence-corrected chi connectivity index (χ4v) is 2.28. The van der Waals surface area contributed by atoms with E-state index in [9.17, 15) is 9.59 Å². The molecule has 0 spiro atoms. The molecule has 1 aliphatic rings. The van der Waals surface area contributed by atoms with Crippen molar-refractivity contribution in [1.29, 1.82) is 0 Å². The highest BCUT2D eigenvalue weighted by atomic mass is 16.5. The molecule has 0 aliphatic carbocycles. The van der Waals surface area contributed by atoms with Crippen LogP contribution in [0.1, 0.15) is 30.1 Å². The molecule has 1 aromatic rings. The fourth-order valence-electron chi connectivity index (χ4n) is 2.28. The van der Waals surface area contributed by atoms with Gasteiger partial charge >= 0.3 is 5.97 Å². The van der Waals surface area contributed by atoms with Gasteiger partial charge in [0.05, 0.1) is 7.11 Å². The number of methoxy groups -OCH3 is 1. The van der Waals surface area contributed by atoms with E-state index in [1.54, 1.807) is 18.2 Å². The van der Waals surface area contributed by atoms with Crippen LogP contribution in [0.5, 0.6) is 0 Å². The van der Waals surface area contributed by atoms with Gasteiger partial charge in [0.25, 0.3) is 0 Å². The maximum Gasteiger partial charge on any atom is 0.339 e. The average molecular weight is 233 g/mol. The number of carbonyl (C=O) groups is 2. The molecule has 4 heteroatoms. The van der Waals surface area contributed by atoms with Gasteiger partial charge in [0.15, 0.2) is 5.54 Å². The molecule has 0 amide bonds. The van der Waals surface area contributed by atoms with Gasteiger partial charge in [0.2, 0.25) is 5.78 Å². The maximum atomic E-state index is 12.3. The lowest BCUT2D eigenvalue weighted by Crippen LogP contribution is -2.50. The molecule has 0 radical (unpaired) electrons. The highest BCUT2D eigenvalue weighted by molar-refractivity contribution is 6.24. The standard InChI is InChI=1S/C13H15NO3/c1-3-8-13(12(16)17-2)11(15)9-6-4-5-7-10(9)14-13/h4-7,14H,3,8H2,1-2H3. The van der Waals surface area contributed by atoms with Crippen molar-refractivity contribution >= 4 is 17.4 Å². The van der Waals surface area contributed by atoms with Crippen molar-refractivity contribution in [3.63, 3.8) is 0 Å². The van der Waals surface area contributed by atoms with E-state index in [1.165, 1.54) is 7.11 Å². The van der Waals surface area contributed by atoms with Gasteiger partial charge in [-0.2, -0.15) is 0 Å². The summed E-state index contributed by atoms with van der Waals surface area (Å²) in [5.74, 6) is -0.706. The zero-order valence-corrected chi connectivity index (χ0v) is 9.95. The minimum atomic E-state index is -1.23. The number of anilines is 1. The Kier molecular flexibility index (Phi) is 2.88. The number of carbonyl (C=O) groups excluding carboxylic acids is 2. The second kappa shape index (κ2) is 4.20. The molecule has 1 aliphatic heterocycles. The molecule has 2 rings (SSSR count). The summed E-state index contributed by atoms with van der Waals surface area (Å²) in [7, 11) is 1.30. The van der Waals surface area contributed by atoms with Crippen molar-refractivity contribution in [2.24, 2.45) is 0 Å². The summed E-state index contributed by atoms with van der Waals surface area (Å²) >= 11 is 0. The smallest absolute Gasteiger partial charge is 0.339 e. The Morgan fingerprint density at radius 2 is 2.12 bits per heavy atom. The molecular weight excluding hydrogens is 218 g/mol. The van der Waals surface area contributed by atoms with Crippen molar-refractivity contribution in [2.75, 3.05) is 12.4 Å². The topological polar surface area (TPSA) is 55.4 Å². The zero-order valence-electron chi connectivity index (χ0n) is 9.95. The van der Waals surface area contributed by atoms with E-state index < -0.39 is 11.5 Å². The van der Waals surface area contributed by atoms with Gasteiger partial charge in [0, 0.05) is 11.3 Å². The van der Waals surface area contributed by atoms with Crippen LogP contribution in [0.25, 0.3) is 0 Å². The first-order valence-corrected chi connectivity index (χ1v) is 5.66. The SMILES string of the molecule is CCCC1(C(=O)OC)Nc2ccccc2C1=O. The van der Waals surface area contributed by atoms with E-state index in [2.05, 4.69) is 5.32 Å². The number of Topliss-reactive ketones (excluding diaryl/α,β-unsaturated/α-hetero) is 1. The van der Waals surface area contributed by atoms with E-state index in [4.69, 9.17) is 4.74 Å². The maximum absolute atomic E-state index is 12.3. The van der Waals surface area contributed by atoms with Crippen LogP contribution in [0.15, 0.2) is 24.3 Å². The van der Waals surface area contributed by atoms with Crippen molar-refractivity contribution in [3.05, 3.63) is 29.8 Å². The van der Waals surface area contributed by atoms with Crippen LogP contribution in [0.3, 0.4) is 0 Å². The van der Waals surface area contributed by atoms with Crippen LogP contribution in [0.4, 0.5) is 5.69 Å². The molecule has 17 heavy (non-hydrogen) atoms. The molecule has 0 fully saturated rings. The highest BCUT2D eigenvalue weighted by Crippen LogP contribution is 2.35. The molecule has 1 aromatic carbocycles. The van der Waals surface area contributed by atoms with Crippen LogP contribution in [-0.2, 0) is 9.53 Å². The summed E-state index contributed by atoms with van der Waals surface area (Å²) in [4.78, 5) is 24.2. The molecule has 90 valence electrons. The molecule has 4 nitrogen and oxygen atoms in total. The minimum Gasteiger partial charge on any atom is -0.467 e. The van der Waals surface area contributed by atoms with Crippen molar-refractivity contribution in [1.82, 2.24) is 0 Å². The Bertz CT molecular complexity index is 469. The van der Waals surface area contributed by atoms with Gasteiger partial charge in [0.1, 0.15) is 0 Å². The lowest BCUT2D eigenvalue weighted by atomic mass is 9.89. The third kappa shape index (κ3) is 1.60. The van der Waals surface area contributed by atoms with Crippen LogP contribution in [-0.4, -0.2) is 24.4 Å². The summed E-state index contributed by atoms with van der Waals surface area (Å²) in [6.45, 7) is 1.93. The molecule has 1 unspecified atom stereocenters. The Morgan fingerprint density at radius 1 is 1.41 bits per heavy atom. The largest absolute Gasteiger partial charge is 0.467 e. The second-order valence-electron chi connectivity index (χ2n) is 4.15. The number of nitrogens with one attached hydrogen (secondary N) is 1. The third-order valence-electron chi connectivity index (χ3n) is 3.07. The number of esters is 1. The van der Waals surface area contributed by atoms with Crippen molar-refractivity contribution in [2.45, 2.75) is 25.3 Å². The number of benzene rings is 1. The Hall–Kier alpha value is -1.84. The van der Waals surface area contributed by atoms with Gasteiger partial charge in [-0.25, -0.2) is 4.79 Å². The number of rotatable bonds is 3. The molecule has 1 N–H and O–H groups in total. The molecule has 0 aromatic heterocycles. The number of hydrogen-bond acceptors (Lipinski definition) is 4. The normalized spacial score (nSPS) is 21.9. The Labute approximate surface area is 100.0 Å². The first kappa shape index (κ1) is 11.6. The van der Waals surface area contributed by atoms with Gasteiger partial charge in [-0.05, 0) is 18.6 Å². The summed E-state index contributed by atoms with van der Waals surface area (Å²) in [5, 5.41) is 3.03. The first-order chi connectivity index (χ1) is 8.15. The number of ether oxygens (including phenoxy) is 1. The van der Waals surface area contributed by atoms with Gasteiger partial charge in [-0.1, -0.05) is 25.5 Å². The van der Waals surface area contributed by atoms with Gasteiger partial charge < -0.3 is 10.1 Å². The van der Waals surface area contributed by atoms with Gasteiger partial charge in [-0.15, -0.1) is 0 Å². The van der Waals surface area contributed by atoms with E-state index in [1.807, 2.05) is 13.0 Å². The second-order valence-corrected chi connectivity index (χ2v) is 4.15. The fraction of sp³-hybridized carbons (Fsp3) is 0.385. The lowest BCUT2D eigenvalue weighted by molar-refractivity contribution is -0.144.